The summed E-state index contributed by atoms with van der Waals surface area (Å²) in [7, 11) is -4.33. The van der Waals surface area contributed by atoms with Gasteiger partial charge in [-0.25, -0.2) is 12.8 Å². The van der Waals surface area contributed by atoms with Crippen LogP contribution in [-0.2, 0) is 32.6 Å². The van der Waals surface area contributed by atoms with Crippen molar-refractivity contribution in [2.24, 2.45) is 0 Å². The zero-order valence-electron chi connectivity index (χ0n) is 25.7. The van der Waals surface area contributed by atoms with Crippen LogP contribution in [0.2, 0.25) is 10.0 Å². The van der Waals surface area contributed by atoms with Gasteiger partial charge < -0.3 is 10.2 Å². The average Bonchev–Trinajstić information content (AvgIpc) is 3.06. The van der Waals surface area contributed by atoms with Crippen molar-refractivity contribution < 1.29 is 22.4 Å². The lowest BCUT2D eigenvalue weighted by Crippen LogP contribution is -2.55. The van der Waals surface area contributed by atoms with Gasteiger partial charge in [-0.05, 0) is 54.8 Å². The van der Waals surface area contributed by atoms with E-state index in [-0.39, 0.29) is 51.1 Å². The van der Waals surface area contributed by atoms with Crippen molar-refractivity contribution >= 4 is 50.7 Å². The van der Waals surface area contributed by atoms with Gasteiger partial charge in [-0.15, -0.1) is 0 Å². The second-order valence-electron chi connectivity index (χ2n) is 11.6. The molecule has 2 amide bonds. The number of halogens is 3. The van der Waals surface area contributed by atoms with E-state index >= 15 is 4.39 Å². The van der Waals surface area contributed by atoms with Crippen molar-refractivity contribution in [1.82, 2.24) is 10.2 Å². The number of rotatable bonds is 12. The van der Waals surface area contributed by atoms with Gasteiger partial charge in [0.2, 0.25) is 11.8 Å². The molecule has 1 saturated carbocycles. The number of hydrogen-bond donors (Lipinski definition) is 1. The smallest absolute Gasteiger partial charge is 0.264 e. The molecule has 1 aliphatic rings. The van der Waals surface area contributed by atoms with E-state index in [1.165, 1.54) is 41.3 Å². The minimum atomic E-state index is -4.33. The topological polar surface area (TPSA) is 86.8 Å². The molecule has 11 heteroatoms. The largest absolute Gasteiger partial charge is 0.352 e. The van der Waals surface area contributed by atoms with Gasteiger partial charge in [0.25, 0.3) is 10.0 Å². The zero-order chi connectivity index (χ0) is 33.4. The predicted molar refractivity (Wildman–Crippen MR) is 183 cm³/mol. The molecule has 0 aromatic heterocycles. The maximum absolute atomic E-state index is 15.1. The van der Waals surface area contributed by atoms with Crippen LogP contribution in [0.4, 0.5) is 10.1 Å². The van der Waals surface area contributed by atoms with Crippen LogP contribution in [0.15, 0.2) is 108 Å². The summed E-state index contributed by atoms with van der Waals surface area (Å²) in [6.45, 7) is -0.971. The maximum atomic E-state index is 15.1. The second-order valence-corrected chi connectivity index (χ2v) is 14.3. The molecule has 1 fully saturated rings. The molecular formula is C36H36Cl2FN3O4S. The zero-order valence-corrected chi connectivity index (χ0v) is 28.0. The van der Waals surface area contributed by atoms with Gasteiger partial charge >= 0.3 is 0 Å². The molecule has 0 spiro atoms. The third kappa shape index (κ3) is 8.91. The molecule has 1 unspecified atom stereocenters. The van der Waals surface area contributed by atoms with E-state index in [9.17, 15) is 18.0 Å². The molecule has 0 aliphatic heterocycles. The first kappa shape index (κ1) is 34.4. The number of hydrogen-bond acceptors (Lipinski definition) is 4. The first-order valence-electron chi connectivity index (χ1n) is 15.5. The van der Waals surface area contributed by atoms with E-state index in [0.29, 0.717) is 0 Å². The molecule has 47 heavy (non-hydrogen) atoms. The van der Waals surface area contributed by atoms with Crippen LogP contribution < -0.4 is 9.62 Å². The Balaban J connectivity index is 1.58. The van der Waals surface area contributed by atoms with Crippen molar-refractivity contribution in [1.29, 1.82) is 0 Å². The van der Waals surface area contributed by atoms with Gasteiger partial charge in [0.15, 0.2) is 0 Å². The maximum Gasteiger partial charge on any atom is 0.264 e. The van der Waals surface area contributed by atoms with Gasteiger partial charge in [-0.1, -0.05) is 109 Å². The van der Waals surface area contributed by atoms with Gasteiger partial charge in [0.1, 0.15) is 18.4 Å². The molecule has 0 saturated heterocycles. The van der Waals surface area contributed by atoms with Crippen LogP contribution in [0.5, 0.6) is 0 Å². The van der Waals surface area contributed by atoms with Gasteiger partial charge in [-0.2, -0.15) is 0 Å². The highest BCUT2D eigenvalue weighted by Gasteiger charge is 2.36. The molecule has 7 nitrogen and oxygen atoms in total. The Morgan fingerprint density at radius 1 is 0.830 bits per heavy atom. The number of carbonyl (C=O) groups excluding carboxylic acids is 2. The molecule has 4 aromatic rings. The van der Waals surface area contributed by atoms with E-state index in [1.807, 2.05) is 30.3 Å². The molecule has 4 aromatic carbocycles. The normalized spacial score (nSPS) is 14.3. The summed E-state index contributed by atoms with van der Waals surface area (Å²) in [6, 6.07) is 26.1. The van der Waals surface area contributed by atoms with E-state index in [1.54, 1.807) is 36.4 Å². The van der Waals surface area contributed by atoms with Crippen molar-refractivity contribution in [2.45, 2.75) is 62.0 Å². The lowest BCUT2D eigenvalue weighted by Gasteiger charge is -2.35. The molecular weight excluding hydrogens is 660 g/mol. The van der Waals surface area contributed by atoms with Gasteiger partial charge in [0.05, 0.1) is 10.6 Å². The van der Waals surface area contributed by atoms with Crippen molar-refractivity contribution in [3.63, 3.8) is 0 Å². The van der Waals surface area contributed by atoms with Gasteiger partial charge in [0, 0.05) is 34.6 Å². The Morgan fingerprint density at radius 2 is 1.43 bits per heavy atom. The third-order valence-corrected chi connectivity index (χ3v) is 10.5. The summed E-state index contributed by atoms with van der Waals surface area (Å²) in [5, 5.41) is 3.48. The predicted octanol–water partition coefficient (Wildman–Crippen LogP) is 7.42. The van der Waals surface area contributed by atoms with Crippen LogP contribution >= 0.6 is 23.2 Å². The highest BCUT2D eigenvalue weighted by atomic mass is 35.5. The lowest BCUT2D eigenvalue weighted by atomic mass is 9.94. The first-order chi connectivity index (χ1) is 22.6. The SMILES string of the molecule is O=C(NC1CCCCC1)C(Cc1ccccc1)N(Cc1ccccc1F)C(=O)CN(c1cc(Cl)cc(Cl)c1)S(=O)(=O)c1ccccc1. The lowest BCUT2D eigenvalue weighted by molar-refractivity contribution is -0.140. The van der Waals surface area contributed by atoms with Crippen molar-refractivity contribution in [3.8, 4) is 0 Å². The number of anilines is 1. The molecule has 246 valence electrons. The van der Waals surface area contributed by atoms with E-state index in [2.05, 4.69) is 5.32 Å². The molecule has 1 aliphatic carbocycles. The van der Waals surface area contributed by atoms with Crippen LogP contribution in [0, 0.1) is 5.82 Å². The Kier molecular flexibility index (Phi) is 11.6. The van der Waals surface area contributed by atoms with Crippen LogP contribution in [0.25, 0.3) is 0 Å². The number of nitrogens with zero attached hydrogens (tertiary/aromatic N) is 2. The molecule has 0 radical (unpaired) electrons. The fraction of sp³-hybridized carbons (Fsp3) is 0.278. The van der Waals surface area contributed by atoms with Crippen molar-refractivity contribution in [3.05, 3.63) is 130 Å². The summed E-state index contributed by atoms with van der Waals surface area (Å²) in [5.74, 6) is -1.64. The fourth-order valence-corrected chi connectivity index (χ4v) is 7.77. The minimum Gasteiger partial charge on any atom is -0.352 e. The summed E-state index contributed by atoms with van der Waals surface area (Å²) in [5.41, 5.74) is 1.04. The number of amides is 2. The minimum absolute atomic E-state index is 0.0523. The number of benzene rings is 4. The van der Waals surface area contributed by atoms with Gasteiger partial charge in [-0.3, -0.25) is 13.9 Å². The summed E-state index contributed by atoms with van der Waals surface area (Å²) in [6.07, 6.45) is 4.85. The third-order valence-electron chi connectivity index (χ3n) is 8.27. The Hall–Kier alpha value is -3.92. The Morgan fingerprint density at radius 3 is 2.06 bits per heavy atom. The van der Waals surface area contributed by atoms with Crippen LogP contribution in [0.1, 0.15) is 43.2 Å². The fourth-order valence-electron chi connectivity index (χ4n) is 5.84. The van der Waals surface area contributed by atoms with Crippen molar-refractivity contribution in [2.75, 3.05) is 10.8 Å². The van der Waals surface area contributed by atoms with Crippen LogP contribution in [0.3, 0.4) is 0 Å². The molecule has 5 rings (SSSR count). The molecule has 0 heterocycles. The molecule has 0 bridgehead atoms. The average molecular weight is 697 g/mol. The highest BCUT2D eigenvalue weighted by molar-refractivity contribution is 7.92. The number of sulfonamides is 1. The molecule has 1 N–H and O–H groups in total. The first-order valence-corrected chi connectivity index (χ1v) is 17.7. The standard InChI is InChI=1S/C36H36Cl2FN3O4S/c37-28-21-29(38)23-31(22-28)42(47(45,46)32-17-8-3-9-18-32)25-35(43)41(24-27-14-10-11-19-33(27)39)34(20-26-12-4-1-5-13-26)36(44)40-30-15-6-2-7-16-30/h1,3-5,8-14,17-19,21-23,30,34H,2,6-7,15-16,20,24-25H2,(H,40,44). The summed E-state index contributed by atoms with van der Waals surface area (Å²) < 4.78 is 44.3. The van der Waals surface area contributed by atoms with Crippen LogP contribution in [-0.4, -0.2) is 43.8 Å². The quantitative estimate of drug-likeness (QED) is 0.167. The summed E-state index contributed by atoms with van der Waals surface area (Å²) >= 11 is 12.6. The highest BCUT2D eigenvalue weighted by Crippen LogP contribution is 2.30. The summed E-state index contributed by atoms with van der Waals surface area (Å²) in [4.78, 5) is 29.9. The van der Waals surface area contributed by atoms with E-state index in [0.717, 1.165) is 42.0 Å². The monoisotopic (exact) mass is 695 g/mol. The second kappa shape index (κ2) is 15.8. The Bertz CT molecular complexity index is 1770. The number of carbonyl (C=O) groups is 2. The number of nitrogens with one attached hydrogen (secondary N) is 1. The Labute approximate surface area is 285 Å². The van der Waals surface area contributed by atoms with E-state index in [4.69, 9.17) is 23.2 Å². The van der Waals surface area contributed by atoms with E-state index < -0.39 is 34.3 Å². The molecule has 1 atom stereocenters.